The number of aliphatic hydroxyl groups excluding tert-OH is 1. The van der Waals surface area contributed by atoms with Crippen LogP contribution >= 0.6 is 0 Å². The predicted octanol–water partition coefficient (Wildman–Crippen LogP) is 0.566. The first-order chi connectivity index (χ1) is 9.55. The number of ether oxygens (including phenoxy) is 1. The summed E-state index contributed by atoms with van der Waals surface area (Å²) in [5, 5.41) is 13.5. The van der Waals surface area contributed by atoms with E-state index < -0.39 is 17.2 Å². The summed E-state index contributed by atoms with van der Waals surface area (Å²) in [4.78, 5) is 24.0. The third-order valence-electron chi connectivity index (χ3n) is 5.29. The first-order valence-corrected chi connectivity index (χ1v) is 7.32. The monoisotopic (exact) mass is 279 g/mol. The van der Waals surface area contributed by atoms with Gasteiger partial charge in [0.1, 0.15) is 5.60 Å². The van der Waals surface area contributed by atoms with E-state index in [0.717, 1.165) is 19.3 Å². The molecule has 5 nitrogen and oxygen atoms in total. The van der Waals surface area contributed by atoms with Gasteiger partial charge in [-0.2, -0.15) is 0 Å². The van der Waals surface area contributed by atoms with Crippen molar-refractivity contribution in [3.05, 3.63) is 12.2 Å². The van der Waals surface area contributed by atoms with Crippen molar-refractivity contribution >= 4 is 12.2 Å². The summed E-state index contributed by atoms with van der Waals surface area (Å²) < 4.78 is 5.75. The van der Waals surface area contributed by atoms with Crippen LogP contribution in [0.1, 0.15) is 32.6 Å². The van der Waals surface area contributed by atoms with Crippen LogP contribution < -0.4 is 5.32 Å². The second-order valence-electron chi connectivity index (χ2n) is 6.24. The average Bonchev–Trinajstić information content (AvgIpc) is 2.96. The van der Waals surface area contributed by atoms with Crippen molar-refractivity contribution < 1.29 is 19.4 Å². The standard InChI is InChI=1S/C15H21NO4/c1-14-11(7-8-20-14)13(19)16-15(14,9-17)12(18)10-5-3-2-4-6-10/h3,5,9-12,18H,2,4,6-8H2,1H3,(H,16,19)/t10-,11+,12+,14+,15-/m1/s1. The van der Waals surface area contributed by atoms with Crippen LogP contribution in [0.4, 0.5) is 0 Å². The molecule has 5 atom stereocenters. The lowest BCUT2D eigenvalue weighted by atomic mass is 9.70. The van der Waals surface area contributed by atoms with Gasteiger partial charge < -0.3 is 20.0 Å². The van der Waals surface area contributed by atoms with Crippen molar-refractivity contribution in [1.82, 2.24) is 5.32 Å². The van der Waals surface area contributed by atoms with Gasteiger partial charge >= 0.3 is 0 Å². The molecule has 2 saturated heterocycles. The summed E-state index contributed by atoms with van der Waals surface area (Å²) in [6.07, 6.45) is 7.13. The highest BCUT2D eigenvalue weighted by Crippen LogP contribution is 2.48. The van der Waals surface area contributed by atoms with E-state index in [-0.39, 0.29) is 17.7 Å². The topological polar surface area (TPSA) is 75.6 Å². The Morgan fingerprint density at radius 2 is 2.35 bits per heavy atom. The maximum atomic E-state index is 12.1. The molecular weight excluding hydrogens is 258 g/mol. The maximum Gasteiger partial charge on any atom is 0.227 e. The quantitative estimate of drug-likeness (QED) is 0.585. The van der Waals surface area contributed by atoms with E-state index in [1.807, 2.05) is 12.2 Å². The molecule has 2 aliphatic heterocycles. The molecule has 0 aromatic heterocycles. The summed E-state index contributed by atoms with van der Waals surface area (Å²) in [7, 11) is 0. The lowest BCUT2D eigenvalue weighted by Gasteiger charge is -2.43. The molecule has 3 aliphatic rings. The van der Waals surface area contributed by atoms with Gasteiger partial charge in [0, 0.05) is 12.5 Å². The van der Waals surface area contributed by atoms with Gasteiger partial charge in [0.25, 0.3) is 0 Å². The molecular formula is C15H21NO4. The number of allylic oxidation sites excluding steroid dienone is 1. The summed E-state index contributed by atoms with van der Waals surface area (Å²) in [6, 6.07) is 0. The Labute approximate surface area is 118 Å². The molecule has 0 aromatic rings. The van der Waals surface area contributed by atoms with Crippen molar-refractivity contribution in [3.63, 3.8) is 0 Å². The normalized spacial score (nSPS) is 45.0. The predicted molar refractivity (Wildman–Crippen MR) is 71.9 cm³/mol. The molecule has 110 valence electrons. The maximum absolute atomic E-state index is 12.1. The minimum absolute atomic E-state index is 0.117. The van der Waals surface area contributed by atoms with Gasteiger partial charge in [-0.25, -0.2) is 0 Å². The molecule has 2 N–H and O–H groups in total. The Balaban J connectivity index is 1.98. The van der Waals surface area contributed by atoms with Crippen LogP contribution in [-0.4, -0.2) is 41.2 Å². The Morgan fingerprint density at radius 3 is 3.00 bits per heavy atom. The van der Waals surface area contributed by atoms with Gasteiger partial charge in [0.2, 0.25) is 5.91 Å². The molecule has 0 saturated carbocycles. The van der Waals surface area contributed by atoms with Crippen LogP contribution in [0.25, 0.3) is 0 Å². The highest BCUT2D eigenvalue weighted by atomic mass is 16.5. The van der Waals surface area contributed by atoms with E-state index >= 15 is 0 Å². The van der Waals surface area contributed by atoms with Gasteiger partial charge in [-0.1, -0.05) is 12.2 Å². The SMILES string of the molecule is C[C@]12OCC[C@H]1C(=O)N[C@]2(C=O)[C@@H](O)[C@@H]1C=CCCC1. The van der Waals surface area contributed by atoms with Gasteiger partial charge in [-0.15, -0.1) is 0 Å². The molecule has 0 aromatic carbocycles. The zero-order chi connectivity index (χ0) is 14.4. The highest BCUT2D eigenvalue weighted by molar-refractivity contribution is 5.92. The number of aldehydes is 1. The van der Waals surface area contributed by atoms with Crippen molar-refractivity contribution in [3.8, 4) is 0 Å². The van der Waals surface area contributed by atoms with Crippen LogP contribution in [-0.2, 0) is 14.3 Å². The summed E-state index contributed by atoms with van der Waals surface area (Å²) in [5.41, 5.74) is -2.28. The zero-order valence-electron chi connectivity index (χ0n) is 11.7. The van der Waals surface area contributed by atoms with Crippen molar-refractivity contribution in [2.24, 2.45) is 11.8 Å². The first-order valence-electron chi connectivity index (χ1n) is 7.32. The highest BCUT2D eigenvalue weighted by Gasteiger charge is 2.68. The van der Waals surface area contributed by atoms with E-state index in [9.17, 15) is 14.7 Å². The van der Waals surface area contributed by atoms with Crippen LogP contribution in [0.5, 0.6) is 0 Å². The molecule has 2 fully saturated rings. The number of rotatable bonds is 3. The minimum atomic E-state index is -1.34. The Hall–Kier alpha value is -1.20. The largest absolute Gasteiger partial charge is 0.389 e. The van der Waals surface area contributed by atoms with E-state index in [1.54, 1.807) is 6.92 Å². The van der Waals surface area contributed by atoms with Crippen LogP contribution in [0.2, 0.25) is 0 Å². The van der Waals surface area contributed by atoms with Gasteiger partial charge in [-0.3, -0.25) is 4.79 Å². The number of carbonyl (C=O) groups excluding carboxylic acids is 2. The van der Waals surface area contributed by atoms with E-state index in [4.69, 9.17) is 4.74 Å². The molecule has 1 aliphatic carbocycles. The smallest absolute Gasteiger partial charge is 0.227 e. The Kier molecular flexibility index (Phi) is 3.21. The number of fused-ring (bicyclic) bond motifs is 1. The molecule has 0 unspecified atom stereocenters. The van der Waals surface area contributed by atoms with Gasteiger partial charge in [0.05, 0.1) is 12.0 Å². The number of nitrogens with one attached hydrogen (secondary N) is 1. The fourth-order valence-electron chi connectivity index (χ4n) is 3.99. The second-order valence-corrected chi connectivity index (χ2v) is 6.24. The average molecular weight is 279 g/mol. The molecule has 0 radical (unpaired) electrons. The van der Waals surface area contributed by atoms with Gasteiger partial charge in [0.15, 0.2) is 11.8 Å². The van der Waals surface area contributed by atoms with Crippen molar-refractivity contribution in [1.29, 1.82) is 0 Å². The Morgan fingerprint density at radius 1 is 1.55 bits per heavy atom. The summed E-state index contributed by atoms with van der Waals surface area (Å²) in [5.74, 6) is -0.653. The van der Waals surface area contributed by atoms with E-state index in [0.29, 0.717) is 19.3 Å². The fraction of sp³-hybridized carbons (Fsp3) is 0.733. The number of hydrogen-bond donors (Lipinski definition) is 2. The molecule has 0 bridgehead atoms. The third-order valence-corrected chi connectivity index (χ3v) is 5.29. The molecule has 1 amide bonds. The van der Waals surface area contributed by atoms with Crippen molar-refractivity contribution in [2.75, 3.05) is 6.61 Å². The van der Waals surface area contributed by atoms with E-state index in [2.05, 4.69) is 5.32 Å². The lowest BCUT2D eigenvalue weighted by molar-refractivity contribution is -0.140. The minimum Gasteiger partial charge on any atom is -0.389 e. The first kappa shape index (κ1) is 13.8. The molecule has 3 rings (SSSR count). The van der Waals surface area contributed by atoms with E-state index in [1.165, 1.54) is 0 Å². The number of carbonyl (C=O) groups is 2. The molecule has 5 heteroatoms. The van der Waals surface area contributed by atoms with Gasteiger partial charge in [-0.05, 0) is 32.6 Å². The number of aliphatic hydroxyl groups is 1. The molecule has 20 heavy (non-hydrogen) atoms. The second kappa shape index (κ2) is 4.67. The zero-order valence-corrected chi connectivity index (χ0v) is 11.7. The number of hydrogen-bond acceptors (Lipinski definition) is 4. The third kappa shape index (κ3) is 1.63. The van der Waals surface area contributed by atoms with Crippen LogP contribution in [0, 0.1) is 11.8 Å². The van der Waals surface area contributed by atoms with Crippen molar-refractivity contribution in [2.45, 2.75) is 49.9 Å². The molecule has 2 heterocycles. The molecule has 0 spiro atoms. The lowest BCUT2D eigenvalue weighted by Crippen LogP contribution is -2.66. The fourth-order valence-corrected chi connectivity index (χ4v) is 3.99. The van der Waals surface area contributed by atoms with Crippen LogP contribution in [0.3, 0.4) is 0 Å². The summed E-state index contributed by atoms with van der Waals surface area (Å²) >= 11 is 0. The Bertz CT molecular complexity index is 463. The van der Waals surface area contributed by atoms with Crippen LogP contribution in [0.15, 0.2) is 12.2 Å². The number of amides is 1. The summed E-state index contributed by atoms with van der Waals surface area (Å²) in [6.45, 7) is 2.23.